The van der Waals surface area contributed by atoms with Gasteiger partial charge < -0.3 is 15.7 Å². The molecular formula is C14H17F3N2O2. The van der Waals surface area contributed by atoms with E-state index in [0.29, 0.717) is 0 Å². The maximum atomic E-state index is 12.7. The number of hydrogen-bond acceptors (Lipinski definition) is 3. The van der Waals surface area contributed by atoms with E-state index in [9.17, 15) is 23.1 Å². The summed E-state index contributed by atoms with van der Waals surface area (Å²) in [5.41, 5.74) is 3.79. The molecule has 1 amide bonds. The van der Waals surface area contributed by atoms with Crippen molar-refractivity contribution in [1.29, 1.82) is 0 Å². The number of nitrogens with two attached hydrogens (primary N) is 1. The molecule has 2 atom stereocenters. The Morgan fingerprint density at radius 1 is 1.38 bits per heavy atom. The minimum Gasteiger partial charge on any atom is -0.379 e. The molecule has 0 spiro atoms. The second-order valence-corrected chi connectivity index (χ2v) is 5.34. The third kappa shape index (κ3) is 3.36. The highest BCUT2D eigenvalue weighted by Crippen LogP contribution is 2.37. The maximum Gasteiger partial charge on any atom is 0.419 e. The fourth-order valence-corrected chi connectivity index (χ4v) is 2.40. The van der Waals surface area contributed by atoms with Gasteiger partial charge >= 0.3 is 6.18 Å². The normalized spacial score (nSPS) is 24.1. The zero-order chi connectivity index (χ0) is 15.7. The van der Waals surface area contributed by atoms with Gasteiger partial charge in [0.15, 0.2) is 5.60 Å². The van der Waals surface area contributed by atoms with E-state index < -0.39 is 36.7 Å². The average molecular weight is 302 g/mol. The van der Waals surface area contributed by atoms with Gasteiger partial charge in [0, 0.05) is 13.0 Å². The van der Waals surface area contributed by atoms with Crippen LogP contribution in [-0.2, 0) is 11.2 Å². The van der Waals surface area contributed by atoms with Crippen molar-refractivity contribution in [1.82, 2.24) is 4.90 Å². The van der Waals surface area contributed by atoms with E-state index in [-0.39, 0.29) is 13.0 Å². The first-order valence-electron chi connectivity index (χ1n) is 6.60. The van der Waals surface area contributed by atoms with Crippen molar-refractivity contribution in [2.75, 3.05) is 13.1 Å². The van der Waals surface area contributed by atoms with E-state index in [1.807, 2.05) is 6.07 Å². The highest BCUT2D eigenvalue weighted by molar-refractivity contribution is 5.82. The summed E-state index contributed by atoms with van der Waals surface area (Å²) in [6.45, 7) is -0.894. The van der Waals surface area contributed by atoms with Crippen molar-refractivity contribution < 1.29 is 23.1 Å². The molecule has 1 saturated heterocycles. The molecule has 116 valence electrons. The third-order valence-electron chi connectivity index (χ3n) is 3.70. The number of carbonyl (C=O) groups is 1. The number of nitrogens with zero attached hydrogens (tertiary/aromatic N) is 1. The molecule has 3 N–H and O–H groups in total. The molecule has 0 aromatic heterocycles. The Bertz CT molecular complexity index is 507. The first-order chi connectivity index (χ1) is 9.73. The molecular weight excluding hydrogens is 285 g/mol. The summed E-state index contributed by atoms with van der Waals surface area (Å²) in [7, 11) is 0. The minimum absolute atomic E-state index is 0.142. The summed E-state index contributed by atoms with van der Waals surface area (Å²) in [5.74, 6) is -0.570. The first-order valence-corrected chi connectivity index (χ1v) is 6.60. The van der Waals surface area contributed by atoms with Crippen LogP contribution in [0.2, 0.25) is 0 Å². The number of amides is 1. The summed E-state index contributed by atoms with van der Waals surface area (Å²) in [5, 5.41) is 9.56. The quantitative estimate of drug-likeness (QED) is 0.878. The van der Waals surface area contributed by atoms with Crippen LogP contribution in [-0.4, -0.2) is 46.8 Å². The number of hydrogen-bond donors (Lipinski definition) is 2. The molecule has 21 heavy (non-hydrogen) atoms. The fourth-order valence-electron chi connectivity index (χ4n) is 2.40. The van der Waals surface area contributed by atoms with Crippen LogP contribution in [0.1, 0.15) is 12.0 Å². The zero-order valence-electron chi connectivity index (χ0n) is 11.3. The van der Waals surface area contributed by atoms with Crippen LogP contribution < -0.4 is 5.73 Å². The highest BCUT2D eigenvalue weighted by atomic mass is 19.4. The van der Waals surface area contributed by atoms with Crippen LogP contribution in [0.3, 0.4) is 0 Å². The van der Waals surface area contributed by atoms with Gasteiger partial charge in [0.2, 0.25) is 5.91 Å². The van der Waals surface area contributed by atoms with Gasteiger partial charge in [-0.2, -0.15) is 13.2 Å². The second-order valence-electron chi connectivity index (χ2n) is 5.34. The Kier molecular flexibility index (Phi) is 4.25. The molecule has 1 heterocycles. The van der Waals surface area contributed by atoms with Crippen molar-refractivity contribution in [3.8, 4) is 0 Å². The largest absolute Gasteiger partial charge is 0.419 e. The van der Waals surface area contributed by atoms with Crippen molar-refractivity contribution in [2.45, 2.75) is 30.7 Å². The van der Waals surface area contributed by atoms with Crippen LogP contribution in [0.5, 0.6) is 0 Å². The van der Waals surface area contributed by atoms with Gasteiger partial charge in [-0.3, -0.25) is 4.79 Å². The highest BCUT2D eigenvalue weighted by Gasteiger charge is 2.57. The lowest BCUT2D eigenvalue weighted by atomic mass is 10.0. The summed E-state index contributed by atoms with van der Waals surface area (Å²) >= 11 is 0. The lowest BCUT2D eigenvalue weighted by Crippen LogP contribution is -2.50. The fraction of sp³-hybridized carbons (Fsp3) is 0.500. The minimum atomic E-state index is -4.74. The molecule has 1 aliphatic heterocycles. The van der Waals surface area contributed by atoms with E-state index in [1.54, 1.807) is 24.3 Å². The van der Waals surface area contributed by atoms with Gasteiger partial charge in [-0.05, 0) is 12.0 Å². The lowest BCUT2D eigenvalue weighted by molar-refractivity contribution is -0.253. The molecule has 1 aromatic carbocycles. The Hall–Kier alpha value is -1.60. The van der Waals surface area contributed by atoms with Crippen LogP contribution in [0.25, 0.3) is 0 Å². The summed E-state index contributed by atoms with van der Waals surface area (Å²) in [6.07, 6.45) is -5.01. The van der Waals surface area contributed by atoms with Crippen molar-refractivity contribution in [3.05, 3.63) is 35.9 Å². The predicted molar refractivity (Wildman–Crippen MR) is 70.3 cm³/mol. The summed E-state index contributed by atoms with van der Waals surface area (Å²) < 4.78 is 38.1. The van der Waals surface area contributed by atoms with E-state index >= 15 is 0 Å². The molecule has 0 radical (unpaired) electrons. The Morgan fingerprint density at radius 3 is 2.52 bits per heavy atom. The summed E-state index contributed by atoms with van der Waals surface area (Å²) in [6, 6.07) is 8.09. The van der Waals surface area contributed by atoms with E-state index in [0.717, 1.165) is 10.5 Å². The Balaban J connectivity index is 1.98. The SMILES string of the molecule is N[C@H](Cc1ccccc1)C(=O)N1CC[C@@](O)(C(F)(F)F)C1. The lowest BCUT2D eigenvalue weighted by Gasteiger charge is -2.26. The number of aliphatic hydroxyl groups is 1. The van der Waals surface area contributed by atoms with Crippen LogP contribution in [0.15, 0.2) is 30.3 Å². The number of β-amino-alcohol motifs (C(OH)–C–C–N with tert-alkyl or cyclic N) is 1. The molecule has 4 nitrogen and oxygen atoms in total. The number of likely N-dealkylation sites (tertiary alicyclic amines) is 1. The molecule has 0 aliphatic carbocycles. The van der Waals surface area contributed by atoms with Crippen LogP contribution >= 0.6 is 0 Å². The monoisotopic (exact) mass is 302 g/mol. The Morgan fingerprint density at radius 2 is 2.00 bits per heavy atom. The predicted octanol–water partition coefficient (Wildman–Crippen LogP) is 1.08. The van der Waals surface area contributed by atoms with Crippen molar-refractivity contribution in [2.24, 2.45) is 5.73 Å². The molecule has 0 saturated carbocycles. The molecule has 7 heteroatoms. The maximum absolute atomic E-state index is 12.7. The number of alkyl halides is 3. The van der Waals surface area contributed by atoms with E-state index in [2.05, 4.69) is 0 Å². The van der Waals surface area contributed by atoms with E-state index in [4.69, 9.17) is 5.73 Å². The molecule has 2 rings (SSSR count). The standard InChI is InChI=1S/C14H17F3N2O2/c15-14(16,17)13(21)6-7-19(9-13)12(20)11(18)8-10-4-2-1-3-5-10/h1-5,11,21H,6-9,18H2/t11-,13+/m1/s1. The van der Waals surface area contributed by atoms with Gasteiger partial charge in [-0.15, -0.1) is 0 Å². The van der Waals surface area contributed by atoms with Gasteiger partial charge in [0.1, 0.15) is 0 Å². The zero-order valence-corrected chi connectivity index (χ0v) is 11.3. The van der Waals surface area contributed by atoms with Crippen molar-refractivity contribution in [3.63, 3.8) is 0 Å². The third-order valence-corrected chi connectivity index (χ3v) is 3.70. The molecule has 1 fully saturated rings. The number of rotatable bonds is 3. The van der Waals surface area contributed by atoms with Crippen molar-refractivity contribution >= 4 is 5.91 Å². The number of carbonyl (C=O) groups excluding carboxylic acids is 1. The molecule has 0 bridgehead atoms. The van der Waals surface area contributed by atoms with Gasteiger partial charge in [0.05, 0.1) is 12.6 Å². The smallest absolute Gasteiger partial charge is 0.379 e. The number of halogens is 3. The first kappa shape index (κ1) is 15.8. The Labute approximate surface area is 120 Å². The number of benzene rings is 1. The van der Waals surface area contributed by atoms with E-state index in [1.165, 1.54) is 0 Å². The molecule has 1 aromatic rings. The topological polar surface area (TPSA) is 66.6 Å². The molecule has 0 unspecified atom stereocenters. The van der Waals surface area contributed by atoms with Gasteiger partial charge in [-0.1, -0.05) is 30.3 Å². The second kappa shape index (κ2) is 5.65. The summed E-state index contributed by atoms with van der Waals surface area (Å²) in [4.78, 5) is 13.1. The van der Waals surface area contributed by atoms with Gasteiger partial charge in [0.25, 0.3) is 0 Å². The van der Waals surface area contributed by atoms with Crippen LogP contribution in [0, 0.1) is 0 Å². The average Bonchev–Trinajstić information content (AvgIpc) is 2.82. The molecule has 1 aliphatic rings. The van der Waals surface area contributed by atoms with Gasteiger partial charge in [-0.25, -0.2) is 0 Å². The van der Waals surface area contributed by atoms with Crippen LogP contribution in [0.4, 0.5) is 13.2 Å².